The minimum absolute atomic E-state index is 0.419. The van der Waals surface area contributed by atoms with E-state index in [4.69, 9.17) is 4.74 Å². The van der Waals surface area contributed by atoms with Crippen molar-refractivity contribution in [2.75, 3.05) is 13.1 Å². The van der Waals surface area contributed by atoms with Gasteiger partial charge in [-0.05, 0) is 29.4 Å². The van der Waals surface area contributed by atoms with Gasteiger partial charge in [0.05, 0.1) is 12.7 Å². The lowest BCUT2D eigenvalue weighted by Crippen LogP contribution is -2.46. The van der Waals surface area contributed by atoms with Crippen LogP contribution in [0, 0.1) is 5.41 Å². The zero-order valence-electron chi connectivity index (χ0n) is 12.9. The lowest BCUT2D eigenvalue weighted by Gasteiger charge is -2.48. The van der Waals surface area contributed by atoms with Crippen LogP contribution in [0.1, 0.15) is 29.9 Å². The Morgan fingerprint density at radius 2 is 1.64 bits per heavy atom. The van der Waals surface area contributed by atoms with E-state index in [2.05, 4.69) is 66.0 Å². The summed E-state index contributed by atoms with van der Waals surface area (Å²) in [6.07, 6.45) is 2.80. The van der Waals surface area contributed by atoms with Gasteiger partial charge in [0, 0.05) is 19.0 Å². The smallest absolute Gasteiger partial charge is 0.0720 e. The minimum atomic E-state index is 0.419. The van der Waals surface area contributed by atoms with Crippen molar-refractivity contribution in [2.45, 2.75) is 31.5 Å². The van der Waals surface area contributed by atoms with Gasteiger partial charge >= 0.3 is 0 Å². The van der Waals surface area contributed by atoms with Crippen molar-refractivity contribution >= 4 is 0 Å². The van der Waals surface area contributed by atoms with Gasteiger partial charge in [-0.2, -0.15) is 0 Å². The Labute approximate surface area is 132 Å². The van der Waals surface area contributed by atoms with Crippen LogP contribution in [-0.2, 0) is 11.3 Å². The fraction of sp³-hybridized carbons (Fsp3) is 0.400. The predicted molar refractivity (Wildman–Crippen MR) is 88.7 cm³/mol. The molecule has 2 aliphatic rings. The van der Waals surface area contributed by atoms with E-state index in [0.29, 0.717) is 17.4 Å². The molecule has 2 heteroatoms. The molecule has 1 N–H and O–H groups in total. The molecule has 2 nitrogen and oxygen atoms in total. The second-order valence-corrected chi connectivity index (χ2v) is 6.78. The number of benzene rings is 2. The Balaban J connectivity index is 1.37. The third-order valence-electron chi connectivity index (χ3n) is 5.36. The molecule has 1 saturated heterocycles. The van der Waals surface area contributed by atoms with Crippen LogP contribution in [0.25, 0.3) is 0 Å². The molecule has 0 amide bonds. The maximum atomic E-state index is 6.11. The van der Waals surface area contributed by atoms with Crippen LogP contribution in [0.4, 0.5) is 0 Å². The highest BCUT2D eigenvalue weighted by molar-refractivity contribution is 5.27. The molecule has 2 aromatic rings. The summed E-state index contributed by atoms with van der Waals surface area (Å²) in [6, 6.07) is 21.4. The standard InChI is InChI=1S/C20H23NO/c1-3-7-16(8-4-1)14-22-18-11-20(12-18)15-21-13-19(20)17-9-5-2-6-10-17/h1-10,18-19,21H,11-15H2. The molecule has 4 rings (SSSR count). The number of nitrogens with one attached hydrogen (secondary N) is 1. The van der Waals surface area contributed by atoms with Gasteiger partial charge in [0.15, 0.2) is 0 Å². The van der Waals surface area contributed by atoms with Crippen molar-refractivity contribution in [1.82, 2.24) is 5.32 Å². The molecule has 1 heterocycles. The predicted octanol–water partition coefficient (Wildman–Crippen LogP) is 3.74. The fourth-order valence-corrected chi connectivity index (χ4v) is 4.14. The van der Waals surface area contributed by atoms with Gasteiger partial charge in [-0.3, -0.25) is 0 Å². The molecular weight excluding hydrogens is 270 g/mol. The normalized spacial score (nSPS) is 30.4. The number of rotatable bonds is 4. The summed E-state index contributed by atoms with van der Waals surface area (Å²) in [5.74, 6) is 0.644. The summed E-state index contributed by atoms with van der Waals surface area (Å²) in [7, 11) is 0. The zero-order chi connectivity index (χ0) is 14.8. The van der Waals surface area contributed by atoms with Gasteiger partial charge < -0.3 is 10.1 Å². The first-order valence-electron chi connectivity index (χ1n) is 8.27. The van der Waals surface area contributed by atoms with E-state index in [1.807, 2.05) is 0 Å². The Bertz CT molecular complexity index is 604. The first-order chi connectivity index (χ1) is 10.9. The lowest BCUT2D eigenvalue weighted by atomic mass is 9.59. The van der Waals surface area contributed by atoms with Crippen LogP contribution < -0.4 is 5.32 Å². The molecule has 0 aromatic heterocycles. The number of hydrogen-bond donors (Lipinski definition) is 1. The average molecular weight is 293 g/mol. The Morgan fingerprint density at radius 1 is 0.955 bits per heavy atom. The molecule has 0 radical (unpaired) electrons. The van der Waals surface area contributed by atoms with Crippen molar-refractivity contribution in [1.29, 1.82) is 0 Å². The van der Waals surface area contributed by atoms with E-state index in [0.717, 1.165) is 19.7 Å². The van der Waals surface area contributed by atoms with Gasteiger partial charge in [0.2, 0.25) is 0 Å². The molecule has 1 atom stereocenters. The second kappa shape index (κ2) is 5.86. The van der Waals surface area contributed by atoms with Gasteiger partial charge in [-0.1, -0.05) is 60.7 Å². The fourth-order valence-electron chi connectivity index (χ4n) is 4.14. The monoisotopic (exact) mass is 293 g/mol. The Morgan fingerprint density at radius 3 is 2.36 bits per heavy atom. The zero-order valence-corrected chi connectivity index (χ0v) is 12.9. The van der Waals surface area contributed by atoms with Crippen molar-refractivity contribution < 1.29 is 4.74 Å². The van der Waals surface area contributed by atoms with E-state index in [-0.39, 0.29) is 0 Å². The van der Waals surface area contributed by atoms with Gasteiger partial charge in [0.1, 0.15) is 0 Å². The van der Waals surface area contributed by atoms with Crippen molar-refractivity contribution in [3.63, 3.8) is 0 Å². The van der Waals surface area contributed by atoms with Crippen molar-refractivity contribution in [3.05, 3.63) is 71.8 Å². The molecular formula is C20H23NO. The van der Waals surface area contributed by atoms with Gasteiger partial charge in [-0.25, -0.2) is 0 Å². The van der Waals surface area contributed by atoms with E-state index in [1.54, 1.807) is 0 Å². The molecule has 1 unspecified atom stereocenters. The Kier molecular flexibility index (Phi) is 3.73. The molecule has 0 bridgehead atoms. The SMILES string of the molecule is c1ccc(COC2CC3(CNCC3c3ccccc3)C2)cc1. The Hall–Kier alpha value is -1.64. The highest BCUT2D eigenvalue weighted by Crippen LogP contribution is 2.54. The van der Waals surface area contributed by atoms with Crippen LogP contribution in [0.15, 0.2) is 60.7 Å². The molecule has 1 aliphatic heterocycles. The summed E-state index contributed by atoms with van der Waals surface area (Å²) < 4.78 is 6.11. The van der Waals surface area contributed by atoms with Crippen molar-refractivity contribution in [3.8, 4) is 0 Å². The van der Waals surface area contributed by atoms with E-state index < -0.39 is 0 Å². The average Bonchev–Trinajstić information content (AvgIpc) is 2.98. The van der Waals surface area contributed by atoms with Crippen LogP contribution in [0.3, 0.4) is 0 Å². The summed E-state index contributed by atoms with van der Waals surface area (Å²) in [5, 5.41) is 3.60. The molecule has 1 saturated carbocycles. The lowest BCUT2D eigenvalue weighted by molar-refractivity contribution is -0.0867. The van der Waals surface area contributed by atoms with Crippen LogP contribution in [0.2, 0.25) is 0 Å². The summed E-state index contributed by atoms with van der Waals surface area (Å²) in [4.78, 5) is 0. The molecule has 1 aliphatic carbocycles. The number of ether oxygens (including phenoxy) is 1. The quantitative estimate of drug-likeness (QED) is 0.927. The summed E-state index contributed by atoms with van der Waals surface area (Å²) >= 11 is 0. The highest BCUT2D eigenvalue weighted by Gasteiger charge is 2.52. The molecule has 1 spiro atoms. The summed E-state index contributed by atoms with van der Waals surface area (Å²) in [6.45, 7) is 2.98. The molecule has 2 fully saturated rings. The maximum Gasteiger partial charge on any atom is 0.0720 e. The highest BCUT2D eigenvalue weighted by atomic mass is 16.5. The minimum Gasteiger partial charge on any atom is -0.373 e. The van der Waals surface area contributed by atoms with Gasteiger partial charge in [0.25, 0.3) is 0 Å². The maximum absolute atomic E-state index is 6.11. The summed E-state index contributed by atoms with van der Waals surface area (Å²) in [5.41, 5.74) is 3.17. The van der Waals surface area contributed by atoms with Crippen molar-refractivity contribution in [2.24, 2.45) is 5.41 Å². The van der Waals surface area contributed by atoms with Crippen LogP contribution in [-0.4, -0.2) is 19.2 Å². The van der Waals surface area contributed by atoms with Gasteiger partial charge in [-0.15, -0.1) is 0 Å². The third-order valence-corrected chi connectivity index (χ3v) is 5.36. The molecule has 114 valence electrons. The molecule has 2 aromatic carbocycles. The first kappa shape index (κ1) is 14.0. The molecule has 22 heavy (non-hydrogen) atoms. The van der Waals surface area contributed by atoms with E-state index >= 15 is 0 Å². The first-order valence-corrected chi connectivity index (χ1v) is 8.27. The second-order valence-electron chi connectivity index (χ2n) is 6.78. The van der Waals surface area contributed by atoms with Crippen LogP contribution in [0.5, 0.6) is 0 Å². The van der Waals surface area contributed by atoms with Crippen LogP contribution >= 0.6 is 0 Å². The van der Waals surface area contributed by atoms with E-state index in [9.17, 15) is 0 Å². The largest absolute Gasteiger partial charge is 0.373 e. The number of hydrogen-bond acceptors (Lipinski definition) is 2. The topological polar surface area (TPSA) is 21.3 Å². The third kappa shape index (κ3) is 2.57. The van der Waals surface area contributed by atoms with E-state index in [1.165, 1.54) is 24.0 Å².